The molecule has 1 fully saturated rings. The molecule has 0 bridgehead atoms. The molecule has 3 aromatic rings. The van der Waals surface area contributed by atoms with Crippen LogP contribution in [0.2, 0.25) is 0 Å². The van der Waals surface area contributed by atoms with Crippen LogP contribution in [0.5, 0.6) is 11.5 Å². The van der Waals surface area contributed by atoms with Crippen molar-refractivity contribution >= 4 is 11.0 Å². The highest BCUT2D eigenvalue weighted by atomic mass is 16.5. The second-order valence-corrected chi connectivity index (χ2v) is 8.31. The fraction of sp³-hybridized carbons (Fsp3) is 0.400. The van der Waals surface area contributed by atoms with E-state index in [1.807, 2.05) is 12.1 Å². The van der Waals surface area contributed by atoms with Crippen molar-refractivity contribution in [2.24, 2.45) is 0 Å². The van der Waals surface area contributed by atoms with Crippen molar-refractivity contribution in [2.75, 3.05) is 19.8 Å². The van der Waals surface area contributed by atoms with Crippen molar-refractivity contribution < 1.29 is 18.8 Å². The molecule has 1 unspecified atom stereocenters. The van der Waals surface area contributed by atoms with E-state index in [1.165, 1.54) is 22.4 Å². The van der Waals surface area contributed by atoms with Gasteiger partial charge in [-0.3, -0.25) is 0 Å². The Balaban J connectivity index is 1.45. The maximum atomic E-state index is 12.2. The van der Waals surface area contributed by atoms with E-state index in [-0.39, 0.29) is 5.63 Å². The number of ether oxygens (including phenoxy) is 2. The SMILES string of the molecule is CCc1ccc2c(C[NH+]3CCC[C@H]3c3ccc4c(c3)OCCCO4)cc(=O)oc2c1. The fourth-order valence-corrected chi connectivity index (χ4v) is 4.81. The van der Waals surface area contributed by atoms with Gasteiger partial charge in [0.15, 0.2) is 11.5 Å². The van der Waals surface area contributed by atoms with Gasteiger partial charge in [0.1, 0.15) is 18.2 Å². The summed E-state index contributed by atoms with van der Waals surface area (Å²) in [6, 6.07) is 14.7. The molecule has 2 aliphatic heterocycles. The minimum atomic E-state index is -0.267. The van der Waals surface area contributed by atoms with Gasteiger partial charge in [-0.25, -0.2) is 4.79 Å². The van der Waals surface area contributed by atoms with Crippen molar-refractivity contribution in [3.63, 3.8) is 0 Å². The standard InChI is InChI=1S/C25H27NO4/c1-2-17-6-8-20-19(15-25(27)30-23(20)13-17)16-26-10-3-5-21(26)18-7-9-22-24(14-18)29-12-4-11-28-22/h6-9,13-15,21H,2-5,10-12,16H2,1H3/p+1/t21-/m0/s1. The van der Waals surface area contributed by atoms with Crippen LogP contribution in [0.15, 0.2) is 51.7 Å². The molecule has 156 valence electrons. The molecule has 0 amide bonds. The quantitative estimate of drug-likeness (QED) is 0.675. The van der Waals surface area contributed by atoms with E-state index in [9.17, 15) is 4.79 Å². The first-order valence-corrected chi connectivity index (χ1v) is 11.0. The molecule has 30 heavy (non-hydrogen) atoms. The minimum Gasteiger partial charge on any atom is -0.490 e. The zero-order valence-corrected chi connectivity index (χ0v) is 17.4. The summed E-state index contributed by atoms with van der Waals surface area (Å²) < 4.78 is 17.2. The highest BCUT2D eigenvalue weighted by Gasteiger charge is 2.31. The van der Waals surface area contributed by atoms with Gasteiger partial charge in [0.05, 0.1) is 19.8 Å². The average Bonchev–Trinajstić information content (AvgIpc) is 3.08. The van der Waals surface area contributed by atoms with E-state index in [4.69, 9.17) is 13.9 Å². The van der Waals surface area contributed by atoms with Crippen LogP contribution in [0.3, 0.4) is 0 Å². The Morgan fingerprint density at radius 3 is 2.73 bits per heavy atom. The summed E-state index contributed by atoms with van der Waals surface area (Å²) in [6.07, 6.45) is 4.14. The van der Waals surface area contributed by atoms with Gasteiger partial charge in [-0.15, -0.1) is 0 Å². The number of quaternary nitrogens is 1. The smallest absolute Gasteiger partial charge is 0.336 e. The zero-order valence-electron chi connectivity index (χ0n) is 17.4. The van der Waals surface area contributed by atoms with E-state index < -0.39 is 0 Å². The van der Waals surface area contributed by atoms with Gasteiger partial charge in [-0.05, 0) is 36.2 Å². The molecule has 1 N–H and O–H groups in total. The molecule has 0 aliphatic carbocycles. The van der Waals surface area contributed by atoms with Gasteiger partial charge in [0.2, 0.25) is 0 Å². The maximum Gasteiger partial charge on any atom is 0.336 e. The predicted molar refractivity (Wildman–Crippen MR) is 115 cm³/mol. The normalized spacial score (nSPS) is 21.0. The number of fused-ring (bicyclic) bond motifs is 2. The molecule has 0 spiro atoms. The van der Waals surface area contributed by atoms with E-state index in [0.29, 0.717) is 24.8 Å². The van der Waals surface area contributed by atoms with Crippen LogP contribution in [-0.4, -0.2) is 19.8 Å². The molecule has 5 rings (SSSR count). The first-order chi connectivity index (χ1) is 14.7. The minimum absolute atomic E-state index is 0.267. The summed E-state index contributed by atoms with van der Waals surface area (Å²) in [6.45, 7) is 5.41. The lowest BCUT2D eigenvalue weighted by Crippen LogP contribution is -3.08. The first-order valence-electron chi connectivity index (χ1n) is 11.0. The van der Waals surface area contributed by atoms with Gasteiger partial charge in [-0.2, -0.15) is 0 Å². The maximum absolute atomic E-state index is 12.2. The lowest BCUT2D eigenvalue weighted by molar-refractivity contribution is -0.931. The largest absolute Gasteiger partial charge is 0.490 e. The number of hydrogen-bond acceptors (Lipinski definition) is 4. The van der Waals surface area contributed by atoms with Crippen molar-refractivity contribution in [3.8, 4) is 11.5 Å². The number of nitrogens with one attached hydrogen (secondary N) is 1. The molecular formula is C25H28NO4+. The van der Waals surface area contributed by atoms with Crippen LogP contribution in [0.25, 0.3) is 11.0 Å². The van der Waals surface area contributed by atoms with Crippen molar-refractivity contribution in [3.05, 3.63) is 69.6 Å². The van der Waals surface area contributed by atoms with Crippen LogP contribution in [-0.2, 0) is 13.0 Å². The second-order valence-electron chi connectivity index (χ2n) is 8.31. The molecule has 2 aliphatic rings. The highest BCUT2D eigenvalue weighted by molar-refractivity contribution is 5.80. The zero-order chi connectivity index (χ0) is 20.5. The molecule has 5 heteroatoms. The molecule has 0 radical (unpaired) electrons. The monoisotopic (exact) mass is 406 g/mol. The van der Waals surface area contributed by atoms with Crippen molar-refractivity contribution in [1.29, 1.82) is 0 Å². The molecule has 5 nitrogen and oxygen atoms in total. The lowest BCUT2D eigenvalue weighted by Gasteiger charge is -2.23. The van der Waals surface area contributed by atoms with Crippen LogP contribution in [0.1, 0.15) is 48.9 Å². The van der Waals surface area contributed by atoms with E-state index in [1.54, 1.807) is 6.07 Å². The van der Waals surface area contributed by atoms with E-state index in [2.05, 4.69) is 31.2 Å². The predicted octanol–water partition coefficient (Wildman–Crippen LogP) is 3.44. The molecule has 2 atom stereocenters. The lowest BCUT2D eigenvalue weighted by atomic mass is 10.0. The molecule has 2 aromatic carbocycles. The average molecular weight is 407 g/mol. The summed E-state index contributed by atoms with van der Waals surface area (Å²) in [5, 5.41) is 1.05. The summed E-state index contributed by atoms with van der Waals surface area (Å²) in [5.41, 5.74) is 3.97. The summed E-state index contributed by atoms with van der Waals surface area (Å²) in [7, 11) is 0. The van der Waals surface area contributed by atoms with Crippen molar-refractivity contribution in [1.82, 2.24) is 0 Å². The van der Waals surface area contributed by atoms with Gasteiger partial charge >= 0.3 is 5.63 Å². The Morgan fingerprint density at radius 1 is 1.00 bits per heavy atom. The summed E-state index contributed by atoms with van der Waals surface area (Å²) in [4.78, 5) is 13.7. The van der Waals surface area contributed by atoms with Crippen LogP contribution < -0.4 is 20.0 Å². The van der Waals surface area contributed by atoms with Gasteiger partial charge in [0.25, 0.3) is 0 Å². The Bertz CT molecular complexity index is 1120. The summed E-state index contributed by atoms with van der Waals surface area (Å²) >= 11 is 0. The number of benzene rings is 2. The third-order valence-electron chi connectivity index (χ3n) is 6.38. The Kier molecular flexibility index (Phi) is 5.21. The van der Waals surface area contributed by atoms with E-state index >= 15 is 0 Å². The number of aryl methyl sites for hydroxylation is 1. The number of likely N-dealkylation sites (tertiary alicyclic amines) is 1. The molecule has 1 saturated heterocycles. The number of rotatable bonds is 4. The number of hydrogen-bond donors (Lipinski definition) is 1. The topological polar surface area (TPSA) is 53.1 Å². The Labute approximate surface area is 176 Å². The van der Waals surface area contributed by atoms with Crippen LogP contribution in [0, 0.1) is 0 Å². The third kappa shape index (κ3) is 3.70. The first kappa shape index (κ1) is 19.2. The van der Waals surface area contributed by atoms with Crippen LogP contribution in [0.4, 0.5) is 0 Å². The van der Waals surface area contributed by atoms with Gasteiger partial charge in [0, 0.05) is 41.8 Å². The van der Waals surface area contributed by atoms with Gasteiger partial charge in [-0.1, -0.05) is 19.1 Å². The van der Waals surface area contributed by atoms with Crippen molar-refractivity contribution in [2.45, 2.75) is 45.2 Å². The highest BCUT2D eigenvalue weighted by Crippen LogP contribution is 2.33. The second kappa shape index (κ2) is 8.15. The molecule has 0 saturated carbocycles. The molecule has 3 heterocycles. The Morgan fingerprint density at radius 2 is 1.87 bits per heavy atom. The Hall–Kier alpha value is -2.79. The van der Waals surface area contributed by atoms with Gasteiger partial charge < -0.3 is 18.8 Å². The van der Waals surface area contributed by atoms with E-state index in [0.717, 1.165) is 54.8 Å². The third-order valence-corrected chi connectivity index (χ3v) is 6.38. The molecule has 1 aromatic heterocycles. The fourth-order valence-electron chi connectivity index (χ4n) is 4.81. The van der Waals surface area contributed by atoms with Crippen LogP contribution >= 0.6 is 0 Å². The summed E-state index contributed by atoms with van der Waals surface area (Å²) in [5.74, 6) is 1.70. The molecular weight excluding hydrogens is 378 g/mol.